The van der Waals surface area contributed by atoms with Crippen molar-refractivity contribution in [1.82, 2.24) is 9.55 Å². The molecule has 4 rings (SSSR count). The maximum absolute atomic E-state index is 12.7. The molecule has 0 unspecified atom stereocenters. The Morgan fingerprint density at radius 1 is 1.03 bits per heavy atom. The first-order valence-corrected chi connectivity index (χ1v) is 10.6. The van der Waals surface area contributed by atoms with E-state index >= 15 is 0 Å². The van der Waals surface area contributed by atoms with Gasteiger partial charge in [-0.1, -0.05) is 60.3 Å². The van der Waals surface area contributed by atoms with E-state index in [0.717, 1.165) is 16.5 Å². The molecule has 1 heterocycles. The summed E-state index contributed by atoms with van der Waals surface area (Å²) in [5.41, 5.74) is 0.619. The van der Waals surface area contributed by atoms with Gasteiger partial charge in [-0.2, -0.15) is 0 Å². The van der Waals surface area contributed by atoms with Crippen molar-refractivity contribution in [3.05, 3.63) is 77.1 Å². The van der Waals surface area contributed by atoms with Gasteiger partial charge in [0.15, 0.2) is 5.16 Å². The smallest absolute Gasteiger partial charge is 0.262 e. The lowest BCUT2D eigenvalue weighted by Gasteiger charge is -2.15. The monoisotopic (exact) mass is 406 g/mol. The fraction of sp³-hybridized carbons (Fsp3) is 0.217. The molecule has 0 aliphatic heterocycles. The zero-order valence-electron chi connectivity index (χ0n) is 16.1. The van der Waals surface area contributed by atoms with Crippen LogP contribution in [0.5, 0.6) is 5.75 Å². The van der Waals surface area contributed by atoms with Crippen LogP contribution in [0.15, 0.2) is 76.7 Å². The van der Waals surface area contributed by atoms with E-state index in [2.05, 4.69) is 4.98 Å². The normalized spacial score (nSPS) is 12.3. The van der Waals surface area contributed by atoms with Gasteiger partial charge in [-0.3, -0.25) is 9.36 Å². The van der Waals surface area contributed by atoms with Crippen molar-refractivity contribution >= 4 is 33.4 Å². The molecular formula is C23H22N2O3S. The van der Waals surface area contributed by atoms with E-state index < -0.39 is 6.10 Å². The van der Waals surface area contributed by atoms with Gasteiger partial charge in [-0.25, -0.2) is 4.98 Å². The van der Waals surface area contributed by atoms with Crippen molar-refractivity contribution in [2.24, 2.45) is 0 Å². The molecule has 5 nitrogen and oxygen atoms in total. The Bertz CT molecular complexity index is 1200. The van der Waals surface area contributed by atoms with Crippen LogP contribution in [0.2, 0.25) is 0 Å². The molecule has 1 N–H and O–H groups in total. The molecule has 1 atom stereocenters. The lowest BCUT2D eigenvalue weighted by Crippen LogP contribution is -2.24. The number of aliphatic hydroxyl groups excluding tert-OH is 1. The molecule has 0 amide bonds. The molecule has 0 aliphatic rings. The van der Waals surface area contributed by atoms with Crippen molar-refractivity contribution in [3.63, 3.8) is 0 Å². The average Bonchev–Trinajstić information content (AvgIpc) is 2.76. The minimum Gasteiger partial charge on any atom is -0.490 e. The number of ether oxygens (including phenoxy) is 1. The Morgan fingerprint density at radius 3 is 2.59 bits per heavy atom. The molecule has 3 aromatic carbocycles. The fourth-order valence-electron chi connectivity index (χ4n) is 3.26. The number of hydrogen-bond acceptors (Lipinski definition) is 5. The first-order chi connectivity index (χ1) is 14.2. The number of nitrogens with zero attached hydrogens (tertiary/aromatic N) is 2. The summed E-state index contributed by atoms with van der Waals surface area (Å²) in [6, 6.07) is 21.2. The molecular weight excluding hydrogens is 384 g/mol. The number of thioether (sulfide) groups is 1. The van der Waals surface area contributed by atoms with Crippen LogP contribution in [0.3, 0.4) is 0 Å². The molecule has 0 aliphatic carbocycles. The Balaban J connectivity index is 1.46. The van der Waals surface area contributed by atoms with Gasteiger partial charge in [-0.15, -0.1) is 0 Å². The van der Waals surface area contributed by atoms with E-state index in [1.54, 1.807) is 10.6 Å². The summed E-state index contributed by atoms with van der Waals surface area (Å²) >= 11 is 1.37. The van der Waals surface area contributed by atoms with Crippen LogP contribution < -0.4 is 10.3 Å². The maximum Gasteiger partial charge on any atom is 0.262 e. The molecule has 0 spiro atoms. The summed E-state index contributed by atoms with van der Waals surface area (Å²) in [5, 5.41) is 13.8. The first-order valence-electron chi connectivity index (χ1n) is 9.58. The number of aromatic nitrogens is 2. The Morgan fingerprint density at radius 2 is 1.76 bits per heavy atom. The lowest BCUT2D eigenvalue weighted by atomic mass is 10.1. The Kier molecular flexibility index (Phi) is 5.83. The second-order valence-electron chi connectivity index (χ2n) is 6.71. The molecule has 4 aromatic rings. The molecule has 29 heavy (non-hydrogen) atoms. The molecule has 0 radical (unpaired) electrons. The van der Waals surface area contributed by atoms with Crippen molar-refractivity contribution in [1.29, 1.82) is 0 Å². The second-order valence-corrected chi connectivity index (χ2v) is 7.70. The summed E-state index contributed by atoms with van der Waals surface area (Å²) < 4.78 is 7.51. The number of hydrogen-bond donors (Lipinski definition) is 1. The Labute approximate surface area is 173 Å². The zero-order chi connectivity index (χ0) is 20.2. The molecule has 0 fully saturated rings. The average molecular weight is 407 g/mol. The SMILES string of the molecule is CCn1c(SC[C@@H](O)COc2cccc3ccccc23)nc2ccccc2c1=O. The highest BCUT2D eigenvalue weighted by atomic mass is 32.2. The van der Waals surface area contributed by atoms with Gasteiger partial charge in [-0.05, 0) is 30.5 Å². The van der Waals surface area contributed by atoms with Gasteiger partial charge >= 0.3 is 0 Å². The number of para-hydroxylation sites is 1. The van der Waals surface area contributed by atoms with Crippen molar-refractivity contribution in [2.45, 2.75) is 24.7 Å². The molecule has 148 valence electrons. The van der Waals surface area contributed by atoms with Gasteiger partial charge in [0.2, 0.25) is 0 Å². The number of aliphatic hydroxyl groups is 1. The van der Waals surface area contributed by atoms with E-state index in [0.29, 0.717) is 28.4 Å². The van der Waals surface area contributed by atoms with Gasteiger partial charge in [0.1, 0.15) is 12.4 Å². The number of benzene rings is 3. The van der Waals surface area contributed by atoms with E-state index in [-0.39, 0.29) is 12.2 Å². The standard InChI is InChI=1S/C23H22N2O3S/c1-2-25-22(27)19-11-5-6-12-20(19)24-23(25)29-15-17(26)14-28-21-13-7-9-16-8-3-4-10-18(16)21/h3-13,17,26H,2,14-15H2,1H3/t17-/m0/s1. The van der Waals surface area contributed by atoms with Crippen LogP contribution in [-0.4, -0.2) is 33.1 Å². The second kappa shape index (κ2) is 8.68. The van der Waals surface area contributed by atoms with Crippen molar-refractivity contribution in [2.75, 3.05) is 12.4 Å². The third-order valence-electron chi connectivity index (χ3n) is 4.73. The third-order valence-corrected chi connectivity index (χ3v) is 5.85. The zero-order valence-corrected chi connectivity index (χ0v) is 16.9. The van der Waals surface area contributed by atoms with E-state index in [9.17, 15) is 9.90 Å². The lowest BCUT2D eigenvalue weighted by molar-refractivity contribution is 0.127. The maximum atomic E-state index is 12.7. The van der Waals surface area contributed by atoms with Crippen LogP contribution in [0, 0.1) is 0 Å². The predicted octanol–water partition coefficient (Wildman–Crippen LogP) is 4.10. The quantitative estimate of drug-likeness (QED) is 0.370. The summed E-state index contributed by atoms with van der Waals surface area (Å²) in [5.74, 6) is 1.14. The molecule has 0 bridgehead atoms. The molecule has 1 aromatic heterocycles. The fourth-order valence-corrected chi connectivity index (χ4v) is 4.23. The highest BCUT2D eigenvalue weighted by Crippen LogP contribution is 2.25. The van der Waals surface area contributed by atoms with E-state index in [4.69, 9.17) is 4.74 Å². The summed E-state index contributed by atoms with van der Waals surface area (Å²) in [4.78, 5) is 17.3. The van der Waals surface area contributed by atoms with Gasteiger partial charge in [0.05, 0.1) is 17.0 Å². The van der Waals surface area contributed by atoms with Gasteiger partial charge in [0, 0.05) is 17.7 Å². The number of fused-ring (bicyclic) bond motifs is 2. The minimum atomic E-state index is -0.687. The van der Waals surface area contributed by atoms with Gasteiger partial charge in [0.25, 0.3) is 5.56 Å². The summed E-state index contributed by atoms with van der Waals surface area (Å²) in [7, 11) is 0. The van der Waals surface area contributed by atoms with Crippen molar-refractivity contribution < 1.29 is 9.84 Å². The number of rotatable bonds is 7. The minimum absolute atomic E-state index is 0.0536. The largest absolute Gasteiger partial charge is 0.490 e. The molecule has 6 heteroatoms. The molecule has 0 saturated carbocycles. The highest BCUT2D eigenvalue weighted by Gasteiger charge is 2.13. The van der Waals surface area contributed by atoms with Crippen LogP contribution in [0.1, 0.15) is 6.92 Å². The van der Waals surface area contributed by atoms with E-state index in [1.807, 2.05) is 67.6 Å². The van der Waals surface area contributed by atoms with Crippen LogP contribution >= 0.6 is 11.8 Å². The highest BCUT2D eigenvalue weighted by molar-refractivity contribution is 7.99. The van der Waals surface area contributed by atoms with Crippen LogP contribution in [0.4, 0.5) is 0 Å². The third kappa shape index (κ3) is 4.13. The topological polar surface area (TPSA) is 64.3 Å². The van der Waals surface area contributed by atoms with Crippen molar-refractivity contribution in [3.8, 4) is 5.75 Å². The van der Waals surface area contributed by atoms with Gasteiger partial charge < -0.3 is 9.84 Å². The predicted molar refractivity (Wildman–Crippen MR) is 118 cm³/mol. The van der Waals surface area contributed by atoms with Crippen LogP contribution in [0.25, 0.3) is 21.7 Å². The first kappa shape index (κ1) is 19.5. The summed E-state index contributed by atoms with van der Waals surface area (Å²) in [6.45, 7) is 2.62. The van der Waals surface area contributed by atoms with Crippen LogP contribution in [-0.2, 0) is 6.54 Å². The Hall–Kier alpha value is -2.83. The summed E-state index contributed by atoms with van der Waals surface area (Å²) in [6.07, 6.45) is -0.687. The van der Waals surface area contributed by atoms with E-state index in [1.165, 1.54) is 11.8 Å². The molecule has 0 saturated heterocycles.